The first-order valence-corrected chi connectivity index (χ1v) is 5.12. The van der Waals surface area contributed by atoms with Crippen LogP contribution in [0.1, 0.15) is 29.3 Å². The molecule has 0 spiro atoms. The fraction of sp³-hybridized carbons (Fsp3) is 0.417. The number of benzene rings is 1. The van der Waals surface area contributed by atoms with Crippen molar-refractivity contribution >= 4 is 5.97 Å². The highest BCUT2D eigenvalue weighted by molar-refractivity contribution is 5.94. The monoisotopic (exact) mass is 224 g/mol. The second kappa shape index (κ2) is 5.39. The number of aromatic carboxylic acids is 1. The van der Waals surface area contributed by atoms with Crippen molar-refractivity contribution in [2.75, 3.05) is 14.2 Å². The average molecular weight is 224 g/mol. The van der Waals surface area contributed by atoms with Gasteiger partial charge in [0, 0.05) is 0 Å². The van der Waals surface area contributed by atoms with E-state index in [9.17, 15) is 4.79 Å². The first-order valence-electron chi connectivity index (χ1n) is 5.12. The van der Waals surface area contributed by atoms with Crippen LogP contribution < -0.4 is 9.47 Å². The Kier molecular flexibility index (Phi) is 4.17. The number of carbonyl (C=O) groups is 1. The van der Waals surface area contributed by atoms with E-state index >= 15 is 0 Å². The lowest BCUT2D eigenvalue weighted by molar-refractivity contribution is 0.0689. The van der Waals surface area contributed by atoms with Crippen LogP contribution >= 0.6 is 0 Å². The molecule has 4 heteroatoms. The number of carboxylic acids is 1. The predicted octanol–water partition coefficient (Wildman–Crippen LogP) is 2.35. The van der Waals surface area contributed by atoms with E-state index in [1.54, 1.807) is 6.07 Å². The smallest absolute Gasteiger partial charge is 0.343 e. The summed E-state index contributed by atoms with van der Waals surface area (Å²) < 4.78 is 10.2. The van der Waals surface area contributed by atoms with Crippen LogP contribution in [0, 0.1) is 0 Å². The number of carboxylic acid groups (broad SMARTS) is 1. The maximum Gasteiger partial charge on any atom is 0.343 e. The van der Waals surface area contributed by atoms with Gasteiger partial charge in [-0.05, 0) is 18.1 Å². The number of ether oxygens (including phenoxy) is 2. The maximum atomic E-state index is 11.2. The molecule has 0 aliphatic heterocycles. The third kappa shape index (κ3) is 2.27. The summed E-state index contributed by atoms with van der Waals surface area (Å²) >= 11 is 0. The van der Waals surface area contributed by atoms with Crippen LogP contribution in [0.25, 0.3) is 0 Å². The number of hydrogen-bond acceptors (Lipinski definition) is 3. The molecule has 1 aromatic carbocycles. The molecule has 0 saturated heterocycles. The highest BCUT2D eigenvalue weighted by atomic mass is 16.5. The van der Waals surface area contributed by atoms with E-state index in [0.29, 0.717) is 11.5 Å². The van der Waals surface area contributed by atoms with Crippen LogP contribution in [-0.4, -0.2) is 25.3 Å². The van der Waals surface area contributed by atoms with E-state index in [1.165, 1.54) is 14.2 Å². The Morgan fingerprint density at radius 1 is 1.31 bits per heavy atom. The van der Waals surface area contributed by atoms with Crippen molar-refractivity contribution in [2.45, 2.75) is 19.8 Å². The zero-order valence-electron chi connectivity index (χ0n) is 9.74. The van der Waals surface area contributed by atoms with Gasteiger partial charge in [0.05, 0.1) is 14.2 Å². The SMILES string of the molecule is CCCc1ccc(OC)c(C(=O)O)c1OC. The predicted molar refractivity (Wildman–Crippen MR) is 60.5 cm³/mol. The van der Waals surface area contributed by atoms with Crippen molar-refractivity contribution in [1.29, 1.82) is 0 Å². The summed E-state index contributed by atoms with van der Waals surface area (Å²) in [5.74, 6) is -0.315. The van der Waals surface area contributed by atoms with Gasteiger partial charge in [0.2, 0.25) is 0 Å². The van der Waals surface area contributed by atoms with E-state index in [4.69, 9.17) is 14.6 Å². The number of rotatable bonds is 5. The molecule has 0 amide bonds. The van der Waals surface area contributed by atoms with Gasteiger partial charge in [-0.1, -0.05) is 19.4 Å². The molecule has 0 radical (unpaired) electrons. The number of aryl methyl sites for hydroxylation is 1. The van der Waals surface area contributed by atoms with E-state index in [-0.39, 0.29) is 5.56 Å². The lowest BCUT2D eigenvalue weighted by atomic mass is 10.0. The third-order valence-corrected chi connectivity index (χ3v) is 2.36. The molecule has 16 heavy (non-hydrogen) atoms. The molecule has 0 saturated carbocycles. The molecule has 0 bridgehead atoms. The fourth-order valence-electron chi connectivity index (χ4n) is 1.68. The summed E-state index contributed by atoms with van der Waals surface area (Å²) in [6.45, 7) is 2.03. The molecular formula is C12H16O4. The largest absolute Gasteiger partial charge is 0.496 e. The molecule has 4 nitrogen and oxygen atoms in total. The van der Waals surface area contributed by atoms with Crippen LogP contribution in [-0.2, 0) is 6.42 Å². The highest BCUT2D eigenvalue weighted by Gasteiger charge is 2.20. The van der Waals surface area contributed by atoms with E-state index in [1.807, 2.05) is 13.0 Å². The fourth-order valence-corrected chi connectivity index (χ4v) is 1.68. The average Bonchev–Trinajstić information content (AvgIpc) is 2.28. The molecule has 1 rings (SSSR count). The van der Waals surface area contributed by atoms with E-state index < -0.39 is 5.97 Å². The molecule has 0 fully saturated rings. The van der Waals surface area contributed by atoms with Gasteiger partial charge in [-0.25, -0.2) is 4.79 Å². The van der Waals surface area contributed by atoms with Gasteiger partial charge in [0.15, 0.2) is 0 Å². The molecule has 0 heterocycles. The summed E-state index contributed by atoms with van der Waals surface area (Å²) in [6.07, 6.45) is 1.72. The van der Waals surface area contributed by atoms with Gasteiger partial charge >= 0.3 is 5.97 Å². The van der Waals surface area contributed by atoms with Crippen molar-refractivity contribution in [3.63, 3.8) is 0 Å². The second-order valence-corrected chi connectivity index (χ2v) is 3.39. The first-order chi connectivity index (χ1) is 7.65. The summed E-state index contributed by atoms with van der Waals surface area (Å²) in [7, 11) is 2.92. The van der Waals surface area contributed by atoms with E-state index in [2.05, 4.69) is 0 Å². The number of hydrogen-bond donors (Lipinski definition) is 1. The van der Waals surface area contributed by atoms with Gasteiger partial charge in [-0.3, -0.25) is 0 Å². The van der Waals surface area contributed by atoms with Crippen LogP contribution in [0.2, 0.25) is 0 Å². The van der Waals surface area contributed by atoms with Gasteiger partial charge in [0.25, 0.3) is 0 Å². The van der Waals surface area contributed by atoms with Crippen LogP contribution in [0.15, 0.2) is 12.1 Å². The van der Waals surface area contributed by atoms with Gasteiger partial charge in [-0.15, -0.1) is 0 Å². The normalized spacial score (nSPS) is 9.94. The van der Waals surface area contributed by atoms with Crippen molar-refractivity contribution in [3.8, 4) is 11.5 Å². The topological polar surface area (TPSA) is 55.8 Å². The van der Waals surface area contributed by atoms with Gasteiger partial charge in [-0.2, -0.15) is 0 Å². The van der Waals surface area contributed by atoms with Gasteiger partial charge < -0.3 is 14.6 Å². The molecule has 0 aromatic heterocycles. The maximum absolute atomic E-state index is 11.2. The molecule has 1 N–H and O–H groups in total. The molecule has 1 aromatic rings. The van der Waals surface area contributed by atoms with Crippen molar-refractivity contribution in [1.82, 2.24) is 0 Å². The molecule has 0 atom stereocenters. The minimum atomic E-state index is -1.04. The Morgan fingerprint density at radius 3 is 2.44 bits per heavy atom. The van der Waals surface area contributed by atoms with Crippen molar-refractivity contribution in [3.05, 3.63) is 23.3 Å². The van der Waals surface area contributed by atoms with Crippen LogP contribution in [0.5, 0.6) is 11.5 Å². The summed E-state index contributed by atoms with van der Waals surface area (Å²) in [5.41, 5.74) is 0.985. The Labute approximate surface area is 94.8 Å². The summed E-state index contributed by atoms with van der Waals surface area (Å²) in [4.78, 5) is 11.2. The zero-order valence-corrected chi connectivity index (χ0v) is 9.74. The molecular weight excluding hydrogens is 208 g/mol. The number of methoxy groups -OCH3 is 2. The molecule has 0 aliphatic rings. The highest BCUT2D eigenvalue weighted by Crippen LogP contribution is 2.32. The standard InChI is InChI=1S/C12H16O4/c1-4-5-8-6-7-9(15-2)10(12(13)14)11(8)16-3/h6-7H,4-5H2,1-3H3,(H,13,14). The summed E-state index contributed by atoms with van der Waals surface area (Å²) in [5, 5.41) is 9.14. The Hall–Kier alpha value is -1.71. The first kappa shape index (κ1) is 12.4. The van der Waals surface area contributed by atoms with Crippen LogP contribution in [0.3, 0.4) is 0 Å². The van der Waals surface area contributed by atoms with Gasteiger partial charge in [0.1, 0.15) is 17.1 Å². The Balaban J connectivity index is 3.37. The molecule has 0 aliphatic carbocycles. The Morgan fingerprint density at radius 2 is 2.00 bits per heavy atom. The summed E-state index contributed by atoms with van der Waals surface area (Å²) in [6, 6.07) is 3.50. The Bertz CT molecular complexity index is 385. The van der Waals surface area contributed by atoms with E-state index in [0.717, 1.165) is 18.4 Å². The minimum Gasteiger partial charge on any atom is -0.496 e. The third-order valence-electron chi connectivity index (χ3n) is 2.36. The second-order valence-electron chi connectivity index (χ2n) is 3.39. The lowest BCUT2D eigenvalue weighted by Gasteiger charge is -2.13. The lowest BCUT2D eigenvalue weighted by Crippen LogP contribution is -2.06. The van der Waals surface area contributed by atoms with Crippen molar-refractivity contribution < 1.29 is 19.4 Å². The van der Waals surface area contributed by atoms with Crippen molar-refractivity contribution in [2.24, 2.45) is 0 Å². The minimum absolute atomic E-state index is 0.0935. The van der Waals surface area contributed by atoms with Crippen LogP contribution in [0.4, 0.5) is 0 Å². The quantitative estimate of drug-likeness (QED) is 0.834. The zero-order chi connectivity index (χ0) is 12.1. The molecule has 88 valence electrons. The molecule has 0 unspecified atom stereocenters.